The Labute approximate surface area is 156 Å². The van der Waals surface area contributed by atoms with Gasteiger partial charge < -0.3 is 10.2 Å². The van der Waals surface area contributed by atoms with Crippen molar-refractivity contribution in [3.63, 3.8) is 0 Å². The van der Waals surface area contributed by atoms with Crippen LogP contribution in [0.4, 0.5) is 5.69 Å². The second-order valence-corrected chi connectivity index (χ2v) is 7.55. The summed E-state index contributed by atoms with van der Waals surface area (Å²) in [6.45, 7) is 8.92. The molecule has 2 aromatic rings. The normalized spacial score (nSPS) is 11.1. The Morgan fingerprint density at radius 3 is 2.12 bits per heavy atom. The number of hydrogen-bond donors (Lipinski definition) is 1. The van der Waals surface area contributed by atoms with Crippen molar-refractivity contribution in [2.75, 3.05) is 11.9 Å². The maximum absolute atomic E-state index is 12.2. The topological polar surface area (TPSA) is 49.4 Å². The predicted octanol–water partition coefficient (Wildman–Crippen LogP) is 4.36. The highest BCUT2D eigenvalue weighted by Gasteiger charge is 2.14. The summed E-state index contributed by atoms with van der Waals surface area (Å²) in [6, 6.07) is 17.7. The van der Waals surface area contributed by atoms with Gasteiger partial charge in [-0.2, -0.15) is 0 Å². The van der Waals surface area contributed by atoms with E-state index in [1.165, 1.54) is 12.5 Å². The van der Waals surface area contributed by atoms with Crippen LogP contribution in [0.2, 0.25) is 0 Å². The fraction of sp³-hybridized carbons (Fsp3) is 0.364. The Kier molecular flexibility index (Phi) is 6.56. The molecule has 0 saturated carbocycles. The van der Waals surface area contributed by atoms with Gasteiger partial charge in [-0.3, -0.25) is 9.59 Å². The second-order valence-electron chi connectivity index (χ2n) is 7.55. The number of benzene rings is 2. The van der Waals surface area contributed by atoms with Gasteiger partial charge in [0.25, 0.3) is 0 Å². The average Bonchev–Trinajstić information content (AvgIpc) is 2.59. The van der Waals surface area contributed by atoms with Gasteiger partial charge in [0.1, 0.15) is 0 Å². The SMILES string of the molecule is CC(=O)N(CCC(=O)Nc1ccc(C(C)(C)C)cc1)Cc1ccccc1. The highest BCUT2D eigenvalue weighted by Crippen LogP contribution is 2.23. The molecule has 2 amide bonds. The lowest BCUT2D eigenvalue weighted by atomic mass is 9.87. The molecular formula is C22H28N2O2. The zero-order chi connectivity index (χ0) is 19.2. The van der Waals surface area contributed by atoms with Crippen LogP contribution in [0.3, 0.4) is 0 Å². The number of hydrogen-bond acceptors (Lipinski definition) is 2. The highest BCUT2D eigenvalue weighted by molar-refractivity contribution is 5.91. The molecule has 0 saturated heterocycles. The van der Waals surface area contributed by atoms with Crippen molar-refractivity contribution in [3.05, 3.63) is 65.7 Å². The standard InChI is InChI=1S/C22H28N2O2/c1-17(25)24(16-18-8-6-5-7-9-18)15-14-21(26)23-20-12-10-19(11-13-20)22(2,3)4/h5-13H,14-16H2,1-4H3,(H,23,26). The number of carbonyl (C=O) groups excluding carboxylic acids is 2. The van der Waals surface area contributed by atoms with Crippen molar-refractivity contribution in [2.45, 2.75) is 46.1 Å². The summed E-state index contributed by atoms with van der Waals surface area (Å²) in [6.07, 6.45) is 0.271. The summed E-state index contributed by atoms with van der Waals surface area (Å²) in [5, 5.41) is 2.90. The van der Waals surface area contributed by atoms with E-state index in [1.807, 2.05) is 54.6 Å². The first-order valence-electron chi connectivity index (χ1n) is 8.95. The lowest BCUT2D eigenvalue weighted by Gasteiger charge is -2.21. The van der Waals surface area contributed by atoms with Crippen molar-refractivity contribution < 1.29 is 9.59 Å². The molecule has 2 rings (SSSR count). The molecule has 0 radical (unpaired) electrons. The molecule has 0 aliphatic rings. The summed E-state index contributed by atoms with van der Waals surface area (Å²) < 4.78 is 0. The van der Waals surface area contributed by atoms with E-state index in [4.69, 9.17) is 0 Å². The molecule has 0 unspecified atom stereocenters. The molecule has 4 nitrogen and oxygen atoms in total. The van der Waals surface area contributed by atoms with E-state index < -0.39 is 0 Å². The van der Waals surface area contributed by atoms with Crippen LogP contribution in [0.5, 0.6) is 0 Å². The van der Waals surface area contributed by atoms with Crippen LogP contribution in [0.15, 0.2) is 54.6 Å². The zero-order valence-corrected chi connectivity index (χ0v) is 16.1. The fourth-order valence-electron chi connectivity index (χ4n) is 2.67. The average molecular weight is 352 g/mol. The molecule has 26 heavy (non-hydrogen) atoms. The monoisotopic (exact) mass is 352 g/mol. The predicted molar refractivity (Wildman–Crippen MR) is 106 cm³/mol. The van der Waals surface area contributed by atoms with Gasteiger partial charge in [0.2, 0.25) is 11.8 Å². The van der Waals surface area contributed by atoms with E-state index in [9.17, 15) is 9.59 Å². The smallest absolute Gasteiger partial charge is 0.226 e. The molecule has 0 fully saturated rings. The van der Waals surface area contributed by atoms with Gasteiger partial charge in [0, 0.05) is 32.1 Å². The lowest BCUT2D eigenvalue weighted by Crippen LogP contribution is -2.31. The summed E-state index contributed by atoms with van der Waals surface area (Å²) in [7, 11) is 0. The maximum atomic E-state index is 12.2. The van der Waals surface area contributed by atoms with Gasteiger partial charge in [-0.25, -0.2) is 0 Å². The molecule has 0 aromatic heterocycles. The first-order chi connectivity index (χ1) is 12.3. The first kappa shape index (κ1) is 19.7. The zero-order valence-electron chi connectivity index (χ0n) is 16.1. The van der Waals surface area contributed by atoms with E-state index >= 15 is 0 Å². The Balaban J connectivity index is 1.89. The molecule has 0 atom stereocenters. The third-order valence-electron chi connectivity index (χ3n) is 4.31. The van der Waals surface area contributed by atoms with Gasteiger partial charge in [0.15, 0.2) is 0 Å². The highest BCUT2D eigenvalue weighted by atomic mass is 16.2. The minimum absolute atomic E-state index is 0.0313. The number of anilines is 1. The Hall–Kier alpha value is -2.62. The third-order valence-corrected chi connectivity index (χ3v) is 4.31. The van der Waals surface area contributed by atoms with Crippen molar-refractivity contribution in [1.82, 2.24) is 4.90 Å². The Morgan fingerprint density at radius 1 is 0.962 bits per heavy atom. The quantitative estimate of drug-likeness (QED) is 0.840. The summed E-state index contributed by atoms with van der Waals surface area (Å²) in [5.41, 5.74) is 3.14. The number of nitrogens with one attached hydrogen (secondary N) is 1. The molecule has 0 spiro atoms. The Bertz CT molecular complexity index is 731. The van der Waals surface area contributed by atoms with E-state index in [0.717, 1.165) is 11.3 Å². The van der Waals surface area contributed by atoms with Crippen LogP contribution in [-0.2, 0) is 21.5 Å². The van der Waals surface area contributed by atoms with Crippen LogP contribution in [0, 0.1) is 0 Å². The summed E-state index contributed by atoms with van der Waals surface area (Å²) >= 11 is 0. The van der Waals surface area contributed by atoms with Crippen LogP contribution in [-0.4, -0.2) is 23.3 Å². The molecule has 0 heterocycles. The van der Waals surface area contributed by atoms with Gasteiger partial charge in [-0.15, -0.1) is 0 Å². The summed E-state index contributed by atoms with van der Waals surface area (Å²) in [5.74, 6) is -0.121. The molecule has 0 aliphatic heterocycles. The summed E-state index contributed by atoms with van der Waals surface area (Å²) in [4.78, 5) is 25.8. The Morgan fingerprint density at radius 2 is 1.58 bits per heavy atom. The number of nitrogens with zero attached hydrogens (tertiary/aromatic N) is 1. The number of rotatable bonds is 6. The van der Waals surface area contributed by atoms with Crippen molar-refractivity contribution in [2.24, 2.45) is 0 Å². The molecule has 4 heteroatoms. The van der Waals surface area contributed by atoms with Crippen molar-refractivity contribution in [3.8, 4) is 0 Å². The molecule has 0 aliphatic carbocycles. The molecule has 1 N–H and O–H groups in total. The largest absolute Gasteiger partial charge is 0.338 e. The van der Waals surface area contributed by atoms with Crippen molar-refractivity contribution in [1.29, 1.82) is 0 Å². The molecular weight excluding hydrogens is 324 g/mol. The van der Waals surface area contributed by atoms with Gasteiger partial charge in [-0.1, -0.05) is 63.2 Å². The van der Waals surface area contributed by atoms with E-state index in [-0.39, 0.29) is 23.7 Å². The second kappa shape index (κ2) is 8.65. The molecule has 138 valence electrons. The van der Waals surface area contributed by atoms with Crippen LogP contribution < -0.4 is 5.32 Å². The minimum atomic E-state index is -0.0900. The third kappa shape index (κ3) is 6.03. The molecule has 2 aromatic carbocycles. The number of amides is 2. The van der Waals surface area contributed by atoms with Crippen LogP contribution in [0.1, 0.15) is 45.2 Å². The van der Waals surface area contributed by atoms with Crippen molar-refractivity contribution >= 4 is 17.5 Å². The first-order valence-corrected chi connectivity index (χ1v) is 8.95. The molecule has 0 bridgehead atoms. The fourth-order valence-corrected chi connectivity index (χ4v) is 2.67. The minimum Gasteiger partial charge on any atom is -0.338 e. The van der Waals surface area contributed by atoms with Crippen LogP contribution in [0.25, 0.3) is 0 Å². The van der Waals surface area contributed by atoms with E-state index in [1.54, 1.807) is 4.90 Å². The van der Waals surface area contributed by atoms with Gasteiger partial charge in [-0.05, 0) is 28.7 Å². The number of carbonyl (C=O) groups is 2. The van der Waals surface area contributed by atoms with Crippen LogP contribution >= 0.6 is 0 Å². The van der Waals surface area contributed by atoms with E-state index in [0.29, 0.717) is 13.1 Å². The van der Waals surface area contributed by atoms with Gasteiger partial charge >= 0.3 is 0 Å². The van der Waals surface area contributed by atoms with Gasteiger partial charge in [0.05, 0.1) is 0 Å². The lowest BCUT2D eigenvalue weighted by molar-refractivity contribution is -0.129. The van der Waals surface area contributed by atoms with E-state index in [2.05, 4.69) is 26.1 Å². The maximum Gasteiger partial charge on any atom is 0.226 e.